The number of anilines is 1. The van der Waals surface area contributed by atoms with Gasteiger partial charge < -0.3 is 24.4 Å². The summed E-state index contributed by atoms with van der Waals surface area (Å²) >= 11 is 0. The standard InChI is InChI=1S/C18H15BN4O8/c1-29-19-18(21-15-6-3-12(23(27)28)9-17(15)31-19)7-4-13(30-19)10-20-14-5-2-11(22(25)26)8-16(14)24/h2-10,21,24H,1H3,(H,25,26)/p+1. The van der Waals surface area contributed by atoms with Gasteiger partial charge in [0.1, 0.15) is 11.5 Å². The van der Waals surface area contributed by atoms with E-state index >= 15 is 0 Å². The summed E-state index contributed by atoms with van der Waals surface area (Å²) in [6.07, 6.45) is 4.71. The zero-order valence-corrected chi connectivity index (χ0v) is 16.0. The minimum Gasteiger partial charge on any atom is -0.654 e. The molecule has 13 heteroatoms. The molecule has 1 unspecified atom stereocenters. The molecule has 0 saturated carbocycles. The second-order valence-corrected chi connectivity index (χ2v) is 6.63. The zero-order chi connectivity index (χ0) is 22.2. The second-order valence-electron chi connectivity index (χ2n) is 6.63. The van der Waals surface area contributed by atoms with Crippen LogP contribution < -0.4 is 15.0 Å². The summed E-state index contributed by atoms with van der Waals surface area (Å²) in [5.74, 6) is 0.194. The van der Waals surface area contributed by atoms with E-state index in [9.17, 15) is 20.1 Å². The molecule has 2 aliphatic heterocycles. The van der Waals surface area contributed by atoms with Crippen LogP contribution in [0.3, 0.4) is 0 Å². The highest BCUT2D eigenvalue weighted by atomic mass is 16.8. The maximum absolute atomic E-state index is 11.1. The number of hydrogen-bond acceptors (Lipinski definition) is 8. The van der Waals surface area contributed by atoms with Crippen LogP contribution in [0.5, 0.6) is 11.5 Å². The lowest BCUT2D eigenvalue weighted by atomic mass is 9.70. The average Bonchev–Trinajstić information content (AvgIpc) is 2.76. The Kier molecular flexibility index (Phi) is 4.79. The van der Waals surface area contributed by atoms with E-state index in [2.05, 4.69) is 10.3 Å². The molecule has 0 bridgehead atoms. The fraction of sp³-hybridized carbons (Fsp3) is 0.0556. The summed E-state index contributed by atoms with van der Waals surface area (Å²) < 4.78 is 17.3. The SMILES string of the molecule is CO[B-]12OC(C=[NH+]c3ccc([N+](=O)O)cc3O)=CC=C1Nc1ccc([N+](=O)[O-])cc1O2. The molecule has 31 heavy (non-hydrogen) atoms. The molecule has 4 N–H and O–H groups in total. The van der Waals surface area contributed by atoms with Gasteiger partial charge in [-0.2, -0.15) is 0 Å². The molecule has 0 saturated heterocycles. The van der Waals surface area contributed by atoms with E-state index in [0.29, 0.717) is 11.3 Å². The molecule has 12 nitrogen and oxygen atoms in total. The molecule has 1 atom stereocenters. The highest BCUT2D eigenvalue weighted by Gasteiger charge is 2.43. The van der Waals surface area contributed by atoms with E-state index in [1.54, 1.807) is 12.2 Å². The quantitative estimate of drug-likeness (QED) is 0.182. The van der Waals surface area contributed by atoms with E-state index in [-0.39, 0.29) is 39.2 Å². The van der Waals surface area contributed by atoms with Gasteiger partial charge in [0.25, 0.3) is 10.6 Å². The van der Waals surface area contributed by atoms with Crippen LogP contribution in [0.1, 0.15) is 0 Å². The van der Waals surface area contributed by atoms with Crippen molar-refractivity contribution in [2.45, 2.75) is 0 Å². The Morgan fingerprint density at radius 3 is 2.61 bits per heavy atom. The summed E-state index contributed by atoms with van der Waals surface area (Å²) in [5.41, 5.74) is 0.961. The zero-order valence-electron chi connectivity index (χ0n) is 16.0. The maximum atomic E-state index is 11.1. The van der Waals surface area contributed by atoms with E-state index < -0.39 is 11.7 Å². The summed E-state index contributed by atoms with van der Waals surface area (Å²) in [7, 11) is 1.38. The van der Waals surface area contributed by atoms with Crippen LogP contribution in [-0.2, 0) is 9.31 Å². The molecule has 0 amide bonds. The lowest BCUT2D eigenvalue weighted by molar-refractivity contribution is -0.729. The van der Waals surface area contributed by atoms with Gasteiger partial charge in [0.15, 0.2) is 5.75 Å². The van der Waals surface area contributed by atoms with E-state index in [1.165, 1.54) is 43.7 Å². The number of phenolic OH excluding ortho intramolecular Hbond substituents is 1. The van der Waals surface area contributed by atoms with Crippen molar-refractivity contribution in [2.75, 3.05) is 12.4 Å². The third-order valence-corrected chi connectivity index (χ3v) is 4.72. The van der Waals surface area contributed by atoms with Gasteiger partial charge in [-0.3, -0.25) is 10.1 Å². The van der Waals surface area contributed by atoms with Crippen LogP contribution in [0.25, 0.3) is 0 Å². The number of rotatable bonds is 5. The van der Waals surface area contributed by atoms with Crippen LogP contribution in [0.4, 0.5) is 22.7 Å². The Labute approximate surface area is 174 Å². The fourth-order valence-corrected chi connectivity index (χ4v) is 3.15. The molecular weight excluding hydrogens is 411 g/mol. The van der Waals surface area contributed by atoms with E-state index in [4.69, 9.17) is 19.2 Å². The molecule has 0 radical (unpaired) electrons. The number of aromatic hydroxyl groups is 1. The molecule has 0 spiro atoms. The van der Waals surface area contributed by atoms with Crippen LogP contribution in [0.2, 0.25) is 0 Å². The summed E-state index contributed by atoms with van der Waals surface area (Å²) in [5, 5.41) is 33.0. The van der Waals surface area contributed by atoms with E-state index in [1.807, 2.05) is 0 Å². The minimum absolute atomic E-state index is 0.139. The van der Waals surface area contributed by atoms with Crippen molar-refractivity contribution < 1.29 is 39.1 Å². The van der Waals surface area contributed by atoms with Crippen molar-refractivity contribution in [3.05, 3.63) is 74.9 Å². The number of nitrogens with zero attached hydrogens (tertiary/aromatic N) is 2. The number of nitro benzene ring substituents is 1. The van der Waals surface area contributed by atoms with Gasteiger partial charge in [-0.1, -0.05) is 6.08 Å². The molecule has 2 heterocycles. The first-order valence-electron chi connectivity index (χ1n) is 8.94. The highest BCUT2D eigenvalue weighted by molar-refractivity contribution is 6.71. The van der Waals surface area contributed by atoms with Crippen molar-refractivity contribution in [1.82, 2.24) is 0 Å². The van der Waals surface area contributed by atoms with Crippen LogP contribution in [-0.4, -0.2) is 40.2 Å². The van der Waals surface area contributed by atoms with Crippen LogP contribution in [0, 0.1) is 15.0 Å². The predicted octanol–water partition coefficient (Wildman–Crippen LogP) is 1.31. The Morgan fingerprint density at radius 2 is 1.94 bits per heavy atom. The van der Waals surface area contributed by atoms with Crippen molar-refractivity contribution in [3.63, 3.8) is 0 Å². The normalized spacial score (nSPS) is 19.1. The lowest BCUT2D eigenvalue weighted by Gasteiger charge is -2.47. The minimum atomic E-state index is -2.51. The van der Waals surface area contributed by atoms with Gasteiger partial charge in [0, 0.05) is 18.2 Å². The van der Waals surface area contributed by atoms with E-state index in [0.717, 1.165) is 6.07 Å². The smallest absolute Gasteiger partial charge is 0.538 e. The number of phenols is 1. The number of hydrogen-bond donors (Lipinski definition) is 4. The Morgan fingerprint density at radius 1 is 1.16 bits per heavy atom. The monoisotopic (exact) mass is 427 g/mol. The van der Waals surface area contributed by atoms with Crippen molar-refractivity contribution >= 4 is 35.7 Å². The van der Waals surface area contributed by atoms with Crippen molar-refractivity contribution in [3.8, 4) is 11.5 Å². The molecule has 0 aliphatic carbocycles. The summed E-state index contributed by atoms with van der Waals surface area (Å²) in [6, 6.07) is 7.92. The number of allylic oxidation sites excluding steroid dienone is 3. The van der Waals surface area contributed by atoms with Gasteiger partial charge in [0.05, 0.1) is 27.7 Å². The molecule has 2 aliphatic rings. The van der Waals surface area contributed by atoms with Gasteiger partial charge in [0.2, 0.25) is 11.9 Å². The van der Waals surface area contributed by atoms with Crippen molar-refractivity contribution in [1.29, 1.82) is 0 Å². The molecular formula is C18H16BN4O8+. The molecule has 0 aromatic heterocycles. The summed E-state index contributed by atoms with van der Waals surface area (Å²) in [6.45, 7) is -2.51. The van der Waals surface area contributed by atoms with Gasteiger partial charge in [-0.05, 0) is 24.8 Å². The summed E-state index contributed by atoms with van der Waals surface area (Å²) in [4.78, 5) is 23.9. The third kappa shape index (κ3) is 3.64. The van der Waals surface area contributed by atoms with Crippen LogP contribution in [0.15, 0.2) is 59.9 Å². The lowest BCUT2D eigenvalue weighted by Crippen LogP contribution is -2.63. The highest BCUT2D eigenvalue weighted by Crippen LogP contribution is 2.40. The molecule has 2 aromatic carbocycles. The Balaban J connectivity index is 1.61. The number of nitrogens with one attached hydrogen (secondary N) is 2. The molecule has 0 fully saturated rings. The van der Waals surface area contributed by atoms with Crippen LogP contribution >= 0.6 is 0 Å². The fourth-order valence-electron chi connectivity index (χ4n) is 3.15. The molecule has 2 aromatic rings. The first-order chi connectivity index (χ1) is 14.8. The van der Waals surface area contributed by atoms with Gasteiger partial charge in [-0.15, -0.1) is 0 Å². The molecule has 4 rings (SSSR count). The third-order valence-electron chi connectivity index (χ3n) is 4.72. The Hall–Kier alpha value is -4.39. The predicted molar refractivity (Wildman–Crippen MR) is 107 cm³/mol. The van der Waals surface area contributed by atoms with Gasteiger partial charge >= 0.3 is 12.4 Å². The maximum Gasteiger partial charge on any atom is 0.538 e. The first-order valence-corrected chi connectivity index (χ1v) is 8.94. The second kappa shape index (κ2) is 7.46. The Bertz CT molecular complexity index is 1200. The number of fused-ring (bicyclic) bond motifs is 2. The number of nitro groups is 1. The molecule has 158 valence electrons. The number of benzene rings is 2. The van der Waals surface area contributed by atoms with Gasteiger partial charge in [-0.25, -0.2) is 10.2 Å². The topological polar surface area (TPSA) is 157 Å². The van der Waals surface area contributed by atoms with Crippen molar-refractivity contribution in [2.24, 2.45) is 0 Å². The largest absolute Gasteiger partial charge is 0.654 e. The number of non-ortho nitro benzene ring substituents is 1. The average molecular weight is 427 g/mol. The first kappa shape index (κ1) is 19.9.